The number of nitrogens with zero attached hydrogens (tertiary/aromatic N) is 2. The van der Waals surface area contributed by atoms with Gasteiger partial charge in [0.1, 0.15) is 6.10 Å². The lowest BCUT2D eigenvalue weighted by atomic mass is 9.48. The number of hydrogen-bond acceptors (Lipinski definition) is 5. The van der Waals surface area contributed by atoms with Gasteiger partial charge in [-0.1, -0.05) is 32.0 Å². The largest absolute Gasteiger partial charge is 0.493 e. The van der Waals surface area contributed by atoms with Gasteiger partial charge in [-0.25, -0.2) is 0 Å². The predicted molar refractivity (Wildman–Crippen MR) is 149 cm³/mol. The van der Waals surface area contributed by atoms with E-state index < -0.39 is 28.9 Å². The molecule has 1 saturated heterocycles. The van der Waals surface area contributed by atoms with Crippen LogP contribution in [-0.2, 0) is 22.8 Å². The predicted octanol–water partition coefficient (Wildman–Crippen LogP) is 5.06. The number of likely N-dealkylation sites (tertiary alicyclic amines) is 1. The normalized spacial score (nSPS) is 30.3. The third kappa shape index (κ3) is 4.18. The molecular weight excluding hydrogens is 533 g/mol. The van der Waals surface area contributed by atoms with E-state index >= 15 is 0 Å². The average molecular weight is 571 g/mol. The maximum absolute atomic E-state index is 13.8. The zero-order chi connectivity index (χ0) is 29.3. The van der Waals surface area contributed by atoms with E-state index in [1.807, 2.05) is 11.0 Å². The van der Waals surface area contributed by atoms with Crippen LogP contribution < -0.4 is 9.47 Å². The molecule has 2 aromatic carbocycles. The van der Waals surface area contributed by atoms with Crippen molar-refractivity contribution < 1.29 is 32.5 Å². The summed E-state index contributed by atoms with van der Waals surface area (Å²) in [5, 5.41) is 12.5. The van der Waals surface area contributed by atoms with Crippen LogP contribution in [0.1, 0.15) is 55.4 Å². The summed E-state index contributed by atoms with van der Waals surface area (Å²) < 4.78 is 51.5. The monoisotopic (exact) mass is 570 g/mol. The first-order chi connectivity index (χ1) is 19.4. The van der Waals surface area contributed by atoms with E-state index in [0.29, 0.717) is 42.9 Å². The molecule has 220 valence electrons. The number of aliphatic hydroxyl groups is 1. The first-order valence-corrected chi connectivity index (χ1v) is 14.4. The van der Waals surface area contributed by atoms with E-state index in [1.165, 1.54) is 18.2 Å². The van der Waals surface area contributed by atoms with Crippen LogP contribution in [0.2, 0.25) is 0 Å². The SMILES string of the molecule is COc1ccc2c3c1OC1C(N(CC(C)C)C(=O)/C=C/c4ccc(C(F)(F)F)cc4)CC[C@@]4(O)[C@@H](C2)N(C)CC[C@]314. The number of carbonyl (C=O) groups excluding carboxylic acids is 1. The molecule has 1 saturated carbocycles. The summed E-state index contributed by atoms with van der Waals surface area (Å²) in [7, 11) is 3.69. The highest BCUT2D eigenvalue weighted by atomic mass is 19.4. The van der Waals surface area contributed by atoms with Gasteiger partial charge >= 0.3 is 6.18 Å². The minimum atomic E-state index is -4.41. The van der Waals surface area contributed by atoms with Crippen molar-refractivity contribution in [1.82, 2.24) is 9.80 Å². The zero-order valence-corrected chi connectivity index (χ0v) is 23.9. The molecule has 9 heteroatoms. The summed E-state index contributed by atoms with van der Waals surface area (Å²) in [5.41, 5.74) is 0.306. The molecule has 2 heterocycles. The summed E-state index contributed by atoms with van der Waals surface area (Å²) in [6.45, 7) is 5.39. The molecule has 1 amide bonds. The Morgan fingerprint density at radius 3 is 2.61 bits per heavy atom. The molecule has 4 aliphatic rings. The van der Waals surface area contributed by atoms with Gasteiger partial charge in [-0.3, -0.25) is 4.79 Å². The van der Waals surface area contributed by atoms with Crippen LogP contribution in [0, 0.1) is 5.92 Å². The Morgan fingerprint density at radius 1 is 1.22 bits per heavy atom. The van der Waals surface area contributed by atoms with E-state index in [9.17, 15) is 23.1 Å². The molecule has 2 fully saturated rings. The van der Waals surface area contributed by atoms with Gasteiger partial charge in [0, 0.05) is 24.2 Å². The van der Waals surface area contributed by atoms with Crippen molar-refractivity contribution in [3.8, 4) is 11.5 Å². The van der Waals surface area contributed by atoms with Crippen LogP contribution >= 0.6 is 0 Å². The van der Waals surface area contributed by atoms with Crippen LogP contribution in [0.25, 0.3) is 6.08 Å². The van der Waals surface area contributed by atoms with Gasteiger partial charge in [0.05, 0.1) is 29.7 Å². The number of alkyl halides is 3. The topological polar surface area (TPSA) is 62.2 Å². The zero-order valence-electron chi connectivity index (χ0n) is 23.9. The summed E-state index contributed by atoms with van der Waals surface area (Å²) >= 11 is 0. The fourth-order valence-electron chi connectivity index (χ4n) is 8.02. The van der Waals surface area contributed by atoms with E-state index in [4.69, 9.17) is 9.47 Å². The molecule has 2 aliphatic carbocycles. The molecule has 2 aliphatic heterocycles. The van der Waals surface area contributed by atoms with Crippen LogP contribution in [0.3, 0.4) is 0 Å². The van der Waals surface area contributed by atoms with Gasteiger partial charge in [-0.15, -0.1) is 0 Å². The minimum absolute atomic E-state index is 0.0519. The number of hydrogen-bond donors (Lipinski definition) is 1. The third-order valence-corrected chi connectivity index (χ3v) is 9.80. The Balaban J connectivity index is 1.37. The van der Waals surface area contributed by atoms with Crippen LogP contribution in [0.5, 0.6) is 11.5 Å². The van der Waals surface area contributed by atoms with E-state index in [-0.39, 0.29) is 23.9 Å². The summed E-state index contributed by atoms with van der Waals surface area (Å²) in [4.78, 5) is 17.9. The highest BCUT2D eigenvalue weighted by Crippen LogP contribution is 2.65. The first kappa shape index (κ1) is 28.1. The van der Waals surface area contributed by atoms with E-state index in [2.05, 4.69) is 31.9 Å². The Bertz CT molecular complexity index is 1370. The van der Waals surface area contributed by atoms with E-state index in [1.54, 1.807) is 13.2 Å². The molecule has 6 rings (SSSR count). The fraction of sp³-hybridized carbons (Fsp3) is 0.531. The number of carbonyl (C=O) groups is 1. The average Bonchev–Trinajstić information content (AvgIpc) is 3.28. The molecule has 2 bridgehead atoms. The second kappa shape index (κ2) is 9.76. The maximum Gasteiger partial charge on any atom is 0.416 e. The van der Waals surface area contributed by atoms with Gasteiger partial charge in [0.15, 0.2) is 11.5 Å². The fourth-order valence-corrected chi connectivity index (χ4v) is 8.02. The number of likely N-dealkylation sites (N-methyl/N-ethyl adjacent to an activating group) is 1. The summed E-state index contributed by atoms with van der Waals surface area (Å²) in [6, 6.07) is 8.44. The number of piperidine rings is 1. The molecule has 2 unspecified atom stereocenters. The third-order valence-electron chi connectivity index (χ3n) is 9.80. The van der Waals surface area contributed by atoms with Crippen molar-refractivity contribution in [3.05, 3.63) is 64.7 Å². The Kier molecular flexibility index (Phi) is 6.69. The van der Waals surface area contributed by atoms with Gasteiger partial charge in [0.25, 0.3) is 0 Å². The minimum Gasteiger partial charge on any atom is -0.493 e. The molecule has 1 N–H and O–H groups in total. The lowest BCUT2D eigenvalue weighted by Gasteiger charge is -2.64. The highest BCUT2D eigenvalue weighted by molar-refractivity contribution is 5.92. The quantitative estimate of drug-likeness (QED) is 0.492. The number of benzene rings is 2. The number of halogens is 3. The molecule has 2 aromatic rings. The van der Waals surface area contributed by atoms with Crippen molar-refractivity contribution in [2.45, 2.75) is 74.9 Å². The van der Waals surface area contributed by atoms with Crippen molar-refractivity contribution in [2.24, 2.45) is 5.92 Å². The Morgan fingerprint density at radius 2 is 1.95 bits per heavy atom. The summed E-state index contributed by atoms with van der Waals surface area (Å²) in [5.74, 6) is 1.26. The van der Waals surface area contributed by atoms with Gasteiger partial charge in [0.2, 0.25) is 5.91 Å². The molecule has 6 nitrogen and oxygen atoms in total. The molecule has 1 spiro atoms. The highest BCUT2D eigenvalue weighted by Gasteiger charge is 2.73. The lowest BCUT2D eigenvalue weighted by Crippen LogP contribution is -2.78. The molecule has 5 atom stereocenters. The Labute approximate surface area is 238 Å². The second-order valence-electron chi connectivity index (χ2n) is 12.5. The number of rotatable bonds is 6. The number of amides is 1. The first-order valence-electron chi connectivity index (χ1n) is 14.4. The lowest BCUT2D eigenvalue weighted by molar-refractivity contribution is -0.197. The van der Waals surface area contributed by atoms with Crippen molar-refractivity contribution >= 4 is 12.0 Å². The molecule has 41 heavy (non-hydrogen) atoms. The Hall–Kier alpha value is -3.04. The van der Waals surface area contributed by atoms with Crippen LogP contribution in [-0.4, -0.2) is 71.8 Å². The van der Waals surface area contributed by atoms with Gasteiger partial charge in [-0.05, 0) is 80.6 Å². The standard InChI is InChI=1S/C32H37F3N2O4/c1-19(2)18-37(26(38)12-7-20-5-9-22(10-6-20)32(33,34)35)23-13-14-31(39)25-17-21-8-11-24(40-4)28-27(21)30(31,29(23)41-28)15-16-36(25)3/h5-12,19,23,25,29,39H,13-18H2,1-4H3/b12-7+/t23?,25-,29?,30+,31-/m1/s1. The molecular formula is C32H37F3N2O4. The van der Waals surface area contributed by atoms with Crippen molar-refractivity contribution in [3.63, 3.8) is 0 Å². The van der Waals surface area contributed by atoms with Gasteiger partial charge in [-0.2, -0.15) is 13.2 Å². The smallest absolute Gasteiger partial charge is 0.416 e. The van der Waals surface area contributed by atoms with Crippen LogP contribution in [0.15, 0.2) is 42.5 Å². The van der Waals surface area contributed by atoms with Crippen LogP contribution in [0.4, 0.5) is 13.2 Å². The second-order valence-corrected chi connectivity index (χ2v) is 12.5. The maximum atomic E-state index is 13.8. The molecule has 0 radical (unpaired) electrons. The molecule has 0 aromatic heterocycles. The summed E-state index contributed by atoms with van der Waals surface area (Å²) in [6.07, 6.45) is 0.675. The van der Waals surface area contributed by atoms with Crippen molar-refractivity contribution in [1.29, 1.82) is 0 Å². The number of methoxy groups -OCH3 is 1. The van der Waals surface area contributed by atoms with Crippen molar-refractivity contribution in [2.75, 3.05) is 27.2 Å². The van der Waals surface area contributed by atoms with E-state index in [0.717, 1.165) is 36.2 Å². The number of ether oxygens (including phenoxy) is 2. The van der Waals surface area contributed by atoms with Gasteiger partial charge < -0.3 is 24.4 Å².